The van der Waals surface area contributed by atoms with E-state index in [1.54, 1.807) is 0 Å². The van der Waals surface area contributed by atoms with Gasteiger partial charge in [-0.1, -0.05) is 24.3 Å². The maximum atomic E-state index is 6.75. The first-order chi connectivity index (χ1) is 8.17. The number of rotatable bonds is 1. The van der Waals surface area contributed by atoms with Crippen molar-refractivity contribution in [3.8, 4) is 11.1 Å². The van der Waals surface area contributed by atoms with Crippen LogP contribution in [-0.4, -0.2) is 0 Å². The Morgan fingerprint density at radius 2 is 0.882 bits per heavy atom. The summed E-state index contributed by atoms with van der Waals surface area (Å²) in [5.41, 5.74) is 28.6. The van der Waals surface area contributed by atoms with E-state index < -0.39 is 0 Å². The summed E-state index contributed by atoms with van der Waals surface area (Å²) in [7, 11) is 0. The summed E-state index contributed by atoms with van der Waals surface area (Å²) in [4.78, 5) is 1.50. The maximum absolute atomic E-state index is 6.75. The second kappa shape index (κ2) is 6.05. The molecule has 0 unspecified atom stereocenters. The zero-order chi connectivity index (χ0) is 12.7. The van der Waals surface area contributed by atoms with E-state index >= 15 is 0 Å². The molecule has 0 radical (unpaired) electrons. The second-order valence-electron chi connectivity index (χ2n) is 3.33. The molecule has 0 spiro atoms. The lowest BCUT2D eigenvalue weighted by Gasteiger charge is -2.02. The van der Waals surface area contributed by atoms with Crippen LogP contribution in [-0.2, 0) is 0 Å². The number of anilines is 2. The van der Waals surface area contributed by atoms with Crippen LogP contribution in [0.25, 0.3) is 27.1 Å². The third kappa shape index (κ3) is 3.77. The van der Waals surface area contributed by atoms with E-state index in [2.05, 4.69) is 0 Å². The van der Waals surface area contributed by atoms with Crippen molar-refractivity contribution in [1.82, 2.24) is 0 Å². The Hall–Kier alpha value is -2.65. The molecule has 5 nitrogen and oxygen atoms in total. The van der Waals surface area contributed by atoms with Crippen LogP contribution in [0.1, 0.15) is 0 Å². The summed E-state index contributed by atoms with van der Waals surface area (Å²) in [6, 6.07) is 15.6. The summed E-state index contributed by atoms with van der Waals surface area (Å²) < 4.78 is 0. The maximum Gasteiger partial charge on any atom is 0.0314 e. The van der Waals surface area contributed by atoms with Crippen molar-refractivity contribution in [3.05, 3.63) is 64.5 Å². The molecule has 17 heavy (non-hydrogen) atoms. The molecule has 0 aliphatic carbocycles. The van der Waals surface area contributed by atoms with Crippen molar-refractivity contribution in [1.29, 1.82) is 0 Å². The molecule has 0 saturated heterocycles. The van der Waals surface area contributed by atoms with Crippen LogP contribution >= 0.6 is 0 Å². The lowest BCUT2D eigenvalue weighted by Crippen LogP contribution is -1.85. The number of benzene rings is 2. The van der Waals surface area contributed by atoms with Gasteiger partial charge in [-0.25, -0.2) is 0 Å². The Labute approximate surface area is 99.1 Å². The number of hydrogen-bond donors (Lipinski definition) is 2. The van der Waals surface area contributed by atoms with Gasteiger partial charge in [-0.05, 0) is 35.4 Å². The average molecular weight is 226 g/mol. The van der Waals surface area contributed by atoms with E-state index in [4.69, 9.17) is 22.5 Å². The molecule has 5 heteroatoms. The van der Waals surface area contributed by atoms with Crippen LogP contribution in [0, 0.1) is 0 Å². The molecule has 4 N–H and O–H groups in total. The van der Waals surface area contributed by atoms with Gasteiger partial charge in [-0.15, -0.1) is 0 Å². The third-order valence-electron chi connectivity index (χ3n) is 2.15. The Balaban J connectivity index is 0.000000437. The molecule has 86 valence electrons. The van der Waals surface area contributed by atoms with E-state index in [0.717, 1.165) is 22.5 Å². The molecule has 0 amide bonds. The molecule has 2 rings (SSSR count). The van der Waals surface area contributed by atoms with Gasteiger partial charge in [0.2, 0.25) is 0 Å². The van der Waals surface area contributed by atoms with Crippen LogP contribution in [0.2, 0.25) is 0 Å². The highest BCUT2D eigenvalue weighted by atomic mass is 15.0. The minimum atomic E-state index is 0.782. The summed E-state index contributed by atoms with van der Waals surface area (Å²) >= 11 is 0. The molecular formula is C12H12N5-. The second-order valence-corrected chi connectivity index (χ2v) is 3.33. The van der Waals surface area contributed by atoms with Crippen molar-refractivity contribution in [2.75, 3.05) is 11.5 Å². The van der Waals surface area contributed by atoms with Crippen LogP contribution in [0.3, 0.4) is 0 Å². The van der Waals surface area contributed by atoms with Crippen molar-refractivity contribution < 1.29 is 0 Å². The van der Waals surface area contributed by atoms with Crippen molar-refractivity contribution >= 4 is 11.4 Å². The largest absolute Gasteiger partial charge is 0.399 e. The molecule has 0 heterocycles. The van der Waals surface area contributed by atoms with Crippen molar-refractivity contribution in [2.45, 2.75) is 0 Å². The van der Waals surface area contributed by atoms with E-state index in [9.17, 15) is 0 Å². The fraction of sp³-hybridized carbons (Fsp3) is 0. The monoisotopic (exact) mass is 226 g/mol. The predicted molar refractivity (Wildman–Crippen MR) is 70.8 cm³/mol. The molecular weight excluding hydrogens is 214 g/mol. The minimum Gasteiger partial charge on any atom is -0.399 e. The molecule has 0 fully saturated rings. The summed E-state index contributed by atoms with van der Waals surface area (Å²) in [6.45, 7) is 0. The normalized spacial score (nSPS) is 8.71. The van der Waals surface area contributed by atoms with Gasteiger partial charge in [0, 0.05) is 11.4 Å². The Morgan fingerprint density at radius 3 is 1.12 bits per heavy atom. The van der Waals surface area contributed by atoms with Crippen LogP contribution in [0.15, 0.2) is 48.5 Å². The first-order valence-electron chi connectivity index (χ1n) is 4.87. The zero-order valence-corrected chi connectivity index (χ0v) is 9.12. The number of nitrogens with zero attached hydrogens (tertiary/aromatic N) is 3. The Bertz CT molecular complexity index is 452. The fourth-order valence-corrected chi connectivity index (χ4v) is 1.35. The standard InChI is InChI=1S/C12H12N2.N3/c13-11-5-1-9(2-6-11)10-3-7-12(14)8-4-10;1-3-2/h1-8H,13-14H2;/q;-1. The Morgan fingerprint density at radius 1 is 0.647 bits per heavy atom. The summed E-state index contributed by atoms with van der Waals surface area (Å²) in [5.74, 6) is 0. The quantitative estimate of drug-likeness (QED) is 0.336. The average Bonchev–Trinajstić information content (AvgIpc) is 2.32. The molecule has 0 bridgehead atoms. The lowest BCUT2D eigenvalue weighted by atomic mass is 10.1. The van der Waals surface area contributed by atoms with Gasteiger partial charge in [-0.2, -0.15) is 0 Å². The molecule has 0 aromatic heterocycles. The van der Waals surface area contributed by atoms with Gasteiger partial charge >= 0.3 is 0 Å². The molecule has 0 aliphatic rings. The van der Waals surface area contributed by atoms with Crippen molar-refractivity contribution in [3.63, 3.8) is 0 Å². The number of nitrogen functional groups attached to an aromatic ring is 2. The van der Waals surface area contributed by atoms with Gasteiger partial charge in [0.15, 0.2) is 0 Å². The van der Waals surface area contributed by atoms with Gasteiger partial charge in [0.25, 0.3) is 0 Å². The summed E-state index contributed by atoms with van der Waals surface area (Å²) in [6.07, 6.45) is 0. The molecule has 0 saturated carbocycles. The van der Waals surface area contributed by atoms with Gasteiger partial charge in [-0.3, -0.25) is 4.91 Å². The minimum absolute atomic E-state index is 0.782. The van der Waals surface area contributed by atoms with E-state index in [0.29, 0.717) is 0 Å². The predicted octanol–water partition coefficient (Wildman–Crippen LogP) is 3.38. The first kappa shape index (κ1) is 12.4. The molecule has 0 aliphatic heterocycles. The number of nitrogens with two attached hydrogens (primary N) is 2. The topological polar surface area (TPSA) is 111 Å². The Kier molecular flexibility index (Phi) is 4.42. The van der Waals surface area contributed by atoms with Gasteiger partial charge in [0.1, 0.15) is 0 Å². The SMILES string of the molecule is Nc1ccc(-c2ccc(N)cc2)cc1.[N-]=[N+]=[N-]. The zero-order valence-electron chi connectivity index (χ0n) is 9.12. The number of hydrogen-bond acceptors (Lipinski definition) is 2. The molecule has 0 atom stereocenters. The van der Waals surface area contributed by atoms with Crippen LogP contribution in [0.4, 0.5) is 11.4 Å². The van der Waals surface area contributed by atoms with E-state index in [1.165, 1.54) is 4.91 Å². The highest BCUT2D eigenvalue weighted by molar-refractivity contribution is 5.67. The fourth-order valence-electron chi connectivity index (χ4n) is 1.35. The first-order valence-corrected chi connectivity index (χ1v) is 4.87. The third-order valence-corrected chi connectivity index (χ3v) is 2.15. The van der Waals surface area contributed by atoms with Crippen LogP contribution in [0.5, 0.6) is 0 Å². The van der Waals surface area contributed by atoms with Crippen molar-refractivity contribution in [2.24, 2.45) is 0 Å². The van der Waals surface area contributed by atoms with E-state index in [1.807, 2.05) is 48.5 Å². The highest BCUT2D eigenvalue weighted by Crippen LogP contribution is 2.21. The van der Waals surface area contributed by atoms with Crippen LogP contribution < -0.4 is 11.5 Å². The van der Waals surface area contributed by atoms with E-state index in [-0.39, 0.29) is 0 Å². The highest BCUT2D eigenvalue weighted by Gasteiger charge is 1.95. The van der Waals surface area contributed by atoms with Gasteiger partial charge < -0.3 is 22.5 Å². The summed E-state index contributed by atoms with van der Waals surface area (Å²) in [5, 5.41) is 0. The van der Waals surface area contributed by atoms with Gasteiger partial charge in [0.05, 0.1) is 0 Å². The molecule has 2 aromatic carbocycles. The molecule has 2 aromatic rings. The lowest BCUT2D eigenvalue weighted by molar-refractivity contribution is 1.61. The smallest absolute Gasteiger partial charge is 0.0314 e.